The number of non-ortho nitro benzene ring substituents is 1. The Morgan fingerprint density at radius 1 is 1.56 bits per heavy atom. The predicted octanol–water partition coefficient (Wildman–Crippen LogP) is 3.14. The van der Waals surface area contributed by atoms with Crippen molar-refractivity contribution >= 4 is 17.4 Å². The number of nitro benzene ring substituents is 1. The van der Waals surface area contributed by atoms with Crippen molar-refractivity contribution in [3.8, 4) is 0 Å². The molecule has 98 valence electrons. The molecule has 0 bridgehead atoms. The molecule has 1 saturated heterocycles. The molecule has 5 heteroatoms. The highest BCUT2D eigenvalue weighted by Crippen LogP contribution is 2.28. The van der Waals surface area contributed by atoms with Gasteiger partial charge in [0.2, 0.25) is 0 Å². The lowest BCUT2D eigenvalue weighted by molar-refractivity contribution is -0.384. The Bertz CT molecular complexity index is 439. The van der Waals surface area contributed by atoms with E-state index in [9.17, 15) is 10.1 Å². The molecule has 0 spiro atoms. The summed E-state index contributed by atoms with van der Waals surface area (Å²) >= 11 is 1.98. The summed E-state index contributed by atoms with van der Waals surface area (Å²) in [6, 6.07) is 7.53. The Balaban J connectivity index is 2.06. The molecule has 1 aliphatic rings. The van der Waals surface area contributed by atoms with Gasteiger partial charge in [0.05, 0.1) is 4.92 Å². The highest BCUT2D eigenvalue weighted by atomic mass is 32.2. The summed E-state index contributed by atoms with van der Waals surface area (Å²) in [5, 5.41) is 14.9. The maximum absolute atomic E-state index is 10.8. The van der Waals surface area contributed by atoms with Crippen LogP contribution in [0.25, 0.3) is 0 Å². The van der Waals surface area contributed by atoms with Gasteiger partial charge >= 0.3 is 0 Å². The Kier molecular flexibility index (Phi) is 4.24. The molecule has 3 atom stereocenters. The Labute approximate surface area is 111 Å². The van der Waals surface area contributed by atoms with Gasteiger partial charge in [-0.1, -0.05) is 19.1 Å². The maximum Gasteiger partial charge on any atom is 0.269 e. The van der Waals surface area contributed by atoms with Crippen LogP contribution in [0.2, 0.25) is 0 Å². The van der Waals surface area contributed by atoms with E-state index >= 15 is 0 Å². The largest absolute Gasteiger partial charge is 0.306 e. The zero-order valence-electron chi connectivity index (χ0n) is 10.6. The first kappa shape index (κ1) is 13.4. The number of nitro groups is 1. The van der Waals surface area contributed by atoms with E-state index in [1.54, 1.807) is 12.1 Å². The van der Waals surface area contributed by atoms with Crippen LogP contribution in [0.3, 0.4) is 0 Å². The van der Waals surface area contributed by atoms with E-state index < -0.39 is 0 Å². The molecule has 1 aromatic rings. The lowest BCUT2D eigenvalue weighted by atomic mass is 10.0. The molecule has 0 amide bonds. The van der Waals surface area contributed by atoms with Gasteiger partial charge in [0.25, 0.3) is 5.69 Å². The number of nitrogens with one attached hydrogen (secondary N) is 1. The smallest absolute Gasteiger partial charge is 0.269 e. The van der Waals surface area contributed by atoms with E-state index in [4.69, 9.17) is 0 Å². The molecule has 2 rings (SSSR count). The van der Waals surface area contributed by atoms with Crippen molar-refractivity contribution in [1.82, 2.24) is 5.32 Å². The van der Waals surface area contributed by atoms with Crippen LogP contribution in [0.1, 0.15) is 31.9 Å². The van der Waals surface area contributed by atoms with E-state index in [0.717, 1.165) is 5.56 Å². The normalized spacial score (nSPS) is 25.0. The van der Waals surface area contributed by atoms with E-state index in [-0.39, 0.29) is 16.7 Å². The van der Waals surface area contributed by atoms with Crippen LogP contribution in [-0.2, 0) is 0 Å². The molecule has 18 heavy (non-hydrogen) atoms. The number of nitrogens with zero attached hydrogens (tertiary/aromatic N) is 1. The van der Waals surface area contributed by atoms with E-state index in [2.05, 4.69) is 19.2 Å². The van der Waals surface area contributed by atoms with Crippen LogP contribution in [0, 0.1) is 10.1 Å². The first-order valence-electron chi connectivity index (χ1n) is 6.20. The zero-order chi connectivity index (χ0) is 13.1. The monoisotopic (exact) mass is 266 g/mol. The average molecular weight is 266 g/mol. The second kappa shape index (κ2) is 5.71. The highest BCUT2D eigenvalue weighted by Gasteiger charge is 2.25. The Morgan fingerprint density at radius 3 is 2.94 bits per heavy atom. The fourth-order valence-corrected chi connectivity index (χ4v) is 3.48. The molecule has 4 nitrogen and oxygen atoms in total. The molecule has 1 fully saturated rings. The predicted molar refractivity (Wildman–Crippen MR) is 75.0 cm³/mol. The molecule has 0 radical (unpaired) electrons. The van der Waals surface area contributed by atoms with Gasteiger partial charge in [-0.15, -0.1) is 0 Å². The molecule has 0 aliphatic carbocycles. The Hall–Kier alpha value is -1.07. The third-order valence-corrected chi connectivity index (χ3v) is 4.75. The van der Waals surface area contributed by atoms with Crippen molar-refractivity contribution in [1.29, 1.82) is 0 Å². The third kappa shape index (κ3) is 3.03. The lowest BCUT2D eigenvalue weighted by Crippen LogP contribution is -2.35. The van der Waals surface area contributed by atoms with Crippen LogP contribution in [0.5, 0.6) is 0 Å². The van der Waals surface area contributed by atoms with Crippen LogP contribution in [-0.4, -0.2) is 22.0 Å². The van der Waals surface area contributed by atoms with Gasteiger partial charge in [0, 0.05) is 29.5 Å². The molecule has 3 unspecified atom stereocenters. The summed E-state index contributed by atoms with van der Waals surface area (Å²) in [6.07, 6.45) is 1.17. The van der Waals surface area contributed by atoms with Crippen LogP contribution >= 0.6 is 11.8 Å². The quantitative estimate of drug-likeness (QED) is 0.672. The lowest BCUT2D eigenvalue weighted by Gasteiger charge is -2.22. The van der Waals surface area contributed by atoms with Crippen molar-refractivity contribution < 1.29 is 4.92 Å². The highest BCUT2D eigenvalue weighted by molar-refractivity contribution is 8.00. The van der Waals surface area contributed by atoms with E-state index in [0.29, 0.717) is 11.3 Å². The van der Waals surface area contributed by atoms with Crippen molar-refractivity contribution in [3.63, 3.8) is 0 Å². The van der Waals surface area contributed by atoms with Crippen molar-refractivity contribution in [2.75, 3.05) is 5.75 Å². The van der Waals surface area contributed by atoms with Gasteiger partial charge in [0.1, 0.15) is 0 Å². The summed E-state index contributed by atoms with van der Waals surface area (Å²) in [5.41, 5.74) is 1.14. The van der Waals surface area contributed by atoms with Crippen LogP contribution < -0.4 is 5.32 Å². The van der Waals surface area contributed by atoms with Crippen molar-refractivity contribution in [3.05, 3.63) is 39.9 Å². The topological polar surface area (TPSA) is 55.2 Å². The molecule has 1 aromatic carbocycles. The van der Waals surface area contributed by atoms with Gasteiger partial charge in [0.15, 0.2) is 0 Å². The average Bonchev–Trinajstić information content (AvgIpc) is 2.75. The number of hydrogen-bond acceptors (Lipinski definition) is 4. The fraction of sp³-hybridized carbons (Fsp3) is 0.538. The Morgan fingerprint density at radius 2 is 2.33 bits per heavy atom. The van der Waals surface area contributed by atoms with Gasteiger partial charge in [-0.25, -0.2) is 0 Å². The van der Waals surface area contributed by atoms with Crippen LogP contribution in [0.4, 0.5) is 5.69 Å². The molecular formula is C13H18N2O2S. The minimum Gasteiger partial charge on any atom is -0.306 e. The molecule has 0 aromatic heterocycles. The SMILES string of the molecule is CC(NC1CCSC1C)c1cccc([N+](=O)[O-])c1. The molecule has 0 saturated carbocycles. The standard InChI is InChI=1S/C13H18N2O2S/c1-9(14-13-6-7-18-10(13)2)11-4-3-5-12(8-11)15(16)17/h3-5,8-10,13-14H,6-7H2,1-2H3. The van der Waals surface area contributed by atoms with Crippen LogP contribution in [0.15, 0.2) is 24.3 Å². The zero-order valence-corrected chi connectivity index (χ0v) is 11.4. The summed E-state index contributed by atoms with van der Waals surface area (Å²) < 4.78 is 0. The third-order valence-electron chi connectivity index (χ3n) is 3.42. The summed E-state index contributed by atoms with van der Waals surface area (Å²) in [5.74, 6) is 1.19. The fourth-order valence-electron chi connectivity index (χ4n) is 2.28. The van der Waals surface area contributed by atoms with Crippen molar-refractivity contribution in [2.45, 2.75) is 37.6 Å². The molecule has 1 heterocycles. The number of benzene rings is 1. The number of rotatable bonds is 4. The maximum atomic E-state index is 10.8. The summed E-state index contributed by atoms with van der Waals surface area (Å²) in [4.78, 5) is 10.4. The number of thioether (sulfide) groups is 1. The molecule has 1 aliphatic heterocycles. The second-order valence-electron chi connectivity index (χ2n) is 4.71. The van der Waals surface area contributed by atoms with Gasteiger partial charge in [-0.05, 0) is 24.7 Å². The number of hydrogen-bond donors (Lipinski definition) is 1. The first-order chi connectivity index (χ1) is 8.58. The second-order valence-corrected chi connectivity index (χ2v) is 6.20. The summed E-state index contributed by atoms with van der Waals surface area (Å²) in [6.45, 7) is 4.30. The molecule has 1 N–H and O–H groups in total. The molecular weight excluding hydrogens is 248 g/mol. The van der Waals surface area contributed by atoms with E-state index in [1.807, 2.05) is 17.8 Å². The van der Waals surface area contributed by atoms with Gasteiger partial charge in [-0.3, -0.25) is 10.1 Å². The minimum absolute atomic E-state index is 0.149. The van der Waals surface area contributed by atoms with Gasteiger partial charge in [-0.2, -0.15) is 11.8 Å². The van der Waals surface area contributed by atoms with E-state index in [1.165, 1.54) is 18.2 Å². The first-order valence-corrected chi connectivity index (χ1v) is 7.25. The van der Waals surface area contributed by atoms with Crippen molar-refractivity contribution in [2.24, 2.45) is 0 Å². The minimum atomic E-state index is -0.343. The summed E-state index contributed by atoms with van der Waals surface area (Å²) in [7, 11) is 0. The van der Waals surface area contributed by atoms with Gasteiger partial charge < -0.3 is 5.32 Å².